The van der Waals surface area contributed by atoms with E-state index in [0.29, 0.717) is 12.0 Å². The van der Waals surface area contributed by atoms with Gasteiger partial charge in [-0.15, -0.1) is 0 Å². The Morgan fingerprint density at radius 1 is 1.17 bits per heavy atom. The molecule has 2 heteroatoms. The predicted octanol–water partition coefficient (Wildman–Crippen LogP) is 3.41. The first-order valence-corrected chi connectivity index (χ1v) is 6.07. The van der Waals surface area contributed by atoms with Gasteiger partial charge in [-0.1, -0.05) is 17.7 Å². The molecule has 0 unspecified atom stereocenters. The third-order valence-electron chi connectivity index (χ3n) is 3.24. The van der Waals surface area contributed by atoms with Crippen molar-refractivity contribution in [3.8, 4) is 0 Å². The van der Waals surface area contributed by atoms with Crippen LogP contribution in [0.15, 0.2) is 30.5 Å². The second-order valence-electron chi connectivity index (χ2n) is 4.71. The van der Waals surface area contributed by atoms with Crippen molar-refractivity contribution in [2.75, 3.05) is 0 Å². The number of carbonyl (C=O) groups excluding carboxylic acids is 1. The maximum Gasteiger partial charge on any atom is 0.151 e. The maximum atomic E-state index is 11.0. The summed E-state index contributed by atoms with van der Waals surface area (Å²) in [7, 11) is 0. The van der Waals surface area contributed by atoms with Gasteiger partial charge < -0.3 is 0 Å². The van der Waals surface area contributed by atoms with Gasteiger partial charge in [0, 0.05) is 18.2 Å². The van der Waals surface area contributed by atoms with Crippen LogP contribution in [-0.2, 0) is 6.42 Å². The Morgan fingerprint density at radius 2 is 1.83 bits per heavy atom. The molecule has 2 aromatic rings. The normalized spacial score (nSPS) is 10.4. The summed E-state index contributed by atoms with van der Waals surface area (Å²) in [5.41, 5.74) is 6.58. The number of hydrogen-bond acceptors (Lipinski definition) is 2. The molecule has 0 radical (unpaired) electrons. The number of aldehydes is 1. The van der Waals surface area contributed by atoms with Gasteiger partial charge in [0.1, 0.15) is 0 Å². The lowest BCUT2D eigenvalue weighted by atomic mass is 9.95. The zero-order valence-electron chi connectivity index (χ0n) is 11.0. The van der Waals surface area contributed by atoms with Crippen LogP contribution in [0.5, 0.6) is 0 Å². The molecule has 0 aliphatic heterocycles. The molecule has 0 amide bonds. The minimum atomic E-state index is 0.678. The number of nitrogens with zero attached hydrogens (tertiary/aromatic N) is 1. The van der Waals surface area contributed by atoms with Gasteiger partial charge in [0.05, 0.1) is 5.69 Å². The van der Waals surface area contributed by atoms with Gasteiger partial charge in [0.15, 0.2) is 6.29 Å². The molecule has 0 N–H and O–H groups in total. The molecule has 0 aliphatic rings. The van der Waals surface area contributed by atoms with E-state index in [0.717, 1.165) is 12.0 Å². The number of rotatable bonds is 3. The van der Waals surface area contributed by atoms with Gasteiger partial charge >= 0.3 is 0 Å². The van der Waals surface area contributed by atoms with E-state index in [4.69, 9.17) is 0 Å². The Kier molecular flexibility index (Phi) is 3.56. The number of hydrogen-bond donors (Lipinski definition) is 0. The van der Waals surface area contributed by atoms with Crippen LogP contribution in [0.3, 0.4) is 0 Å². The Balaban J connectivity index is 2.43. The minimum absolute atomic E-state index is 0.678. The SMILES string of the molecule is Cc1cc(C)c(Cc2ncccc2C=O)c(C)c1. The summed E-state index contributed by atoms with van der Waals surface area (Å²) in [6, 6.07) is 7.95. The van der Waals surface area contributed by atoms with Crippen LogP contribution in [0.25, 0.3) is 0 Å². The van der Waals surface area contributed by atoms with Crippen LogP contribution in [-0.4, -0.2) is 11.3 Å². The fraction of sp³-hybridized carbons (Fsp3) is 0.250. The summed E-state index contributed by atoms with van der Waals surface area (Å²) < 4.78 is 0. The van der Waals surface area contributed by atoms with Crippen molar-refractivity contribution in [1.82, 2.24) is 4.98 Å². The highest BCUT2D eigenvalue weighted by atomic mass is 16.1. The van der Waals surface area contributed by atoms with E-state index in [2.05, 4.69) is 37.9 Å². The molecule has 0 bridgehead atoms. The number of aromatic nitrogens is 1. The molecular formula is C16H17NO. The Hall–Kier alpha value is -1.96. The van der Waals surface area contributed by atoms with Crippen molar-refractivity contribution in [3.05, 3.63) is 64.0 Å². The van der Waals surface area contributed by atoms with Crippen molar-refractivity contribution in [2.24, 2.45) is 0 Å². The lowest BCUT2D eigenvalue weighted by Gasteiger charge is -2.11. The van der Waals surface area contributed by atoms with Gasteiger partial charge in [0.25, 0.3) is 0 Å². The van der Waals surface area contributed by atoms with Crippen LogP contribution in [0.2, 0.25) is 0 Å². The molecule has 0 atom stereocenters. The summed E-state index contributed by atoms with van der Waals surface area (Å²) in [5.74, 6) is 0. The molecule has 0 spiro atoms. The first kappa shape index (κ1) is 12.5. The molecule has 1 aromatic heterocycles. The molecule has 0 fully saturated rings. The van der Waals surface area contributed by atoms with Gasteiger partial charge in [-0.2, -0.15) is 0 Å². The Bertz CT molecular complexity index is 564. The predicted molar refractivity (Wildman–Crippen MR) is 73.1 cm³/mol. The summed E-state index contributed by atoms with van der Waals surface area (Å²) in [6.45, 7) is 6.32. The van der Waals surface area contributed by atoms with Crippen molar-refractivity contribution < 1.29 is 4.79 Å². The van der Waals surface area contributed by atoms with E-state index in [1.54, 1.807) is 12.3 Å². The molecule has 1 aromatic carbocycles. The Morgan fingerprint density at radius 3 is 2.44 bits per heavy atom. The molecule has 18 heavy (non-hydrogen) atoms. The fourth-order valence-corrected chi connectivity index (χ4v) is 2.36. The van der Waals surface area contributed by atoms with E-state index in [1.807, 2.05) is 6.07 Å². The second kappa shape index (κ2) is 5.13. The first-order chi connectivity index (χ1) is 8.61. The molecule has 1 heterocycles. The van der Waals surface area contributed by atoms with Crippen LogP contribution < -0.4 is 0 Å². The van der Waals surface area contributed by atoms with Gasteiger partial charge in [-0.25, -0.2) is 0 Å². The van der Waals surface area contributed by atoms with Crippen molar-refractivity contribution in [3.63, 3.8) is 0 Å². The average molecular weight is 239 g/mol. The maximum absolute atomic E-state index is 11.0. The number of aryl methyl sites for hydroxylation is 3. The third kappa shape index (κ3) is 2.48. The van der Waals surface area contributed by atoms with Crippen molar-refractivity contribution >= 4 is 6.29 Å². The lowest BCUT2D eigenvalue weighted by molar-refractivity contribution is 0.112. The highest BCUT2D eigenvalue weighted by molar-refractivity contribution is 5.76. The largest absolute Gasteiger partial charge is 0.298 e. The number of benzene rings is 1. The molecular weight excluding hydrogens is 222 g/mol. The molecule has 0 aliphatic carbocycles. The fourth-order valence-electron chi connectivity index (χ4n) is 2.36. The van der Waals surface area contributed by atoms with E-state index >= 15 is 0 Å². The smallest absolute Gasteiger partial charge is 0.151 e. The highest BCUT2D eigenvalue weighted by Crippen LogP contribution is 2.20. The van der Waals surface area contributed by atoms with Crippen LogP contribution in [0.4, 0.5) is 0 Å². The average Bonchev–Trinajstić information content (AvgIpc) is 2.34. The summed E-state index contributed by atoms with van der Waals surface area (Å²) in [4.78, 5) is 15.3. The van der Waals surface area contributed by atoms with Crippen LogP contribution >= 0.6 is 0 Å². The molecule has 2 nitrogen and oxygen atoms in total. The minimum Gasteiger partial charge on any atom is -0.298 e. The van der Waals surface area contributed by atoms with Crippen LogP contribution in [0, 0.1) is 20.8 Å². The molecule has 0 saturated carbocycles. The van der Waals surface area contributed by atoms with E-state index in [1.165, 1.54) is 22.3 Å². The molecule has 2 rings (SSSR count). The van der Waals surface area contributed by atoms with Crippen LogP contribution in [0.1, 0.15) is 38.3 Å². The van der Waals surface area contributed by atoms with Crippen molar-refractivity contribution in [1.29, 1.82) is 0 Å². The summed E-state index contributed by atoms with van der Waals surface area (Å²) in [6.07, 6.45) is 3.33. The highest BCUT2D eigenvalue weighted by Gasteiger charge is 2.08. The lowest BCUT2D eigenvalue weighted by Crippen LogP contribution is -2.02. The monoisotopic (exact) mass is 239 g/mol. The zero-order valence-corrected chi connectivity index (χ0v) is 11.0. The first-order valence-electron chi connectivity index (χ1n) is 6.07. The topological polar surface area (TPSA) is 30.0 Å². The van der Waals surface area contributed by atoms with Crippen molar-refractivity contribution in [2.45, 2.75) is 27.2 Å². The summed E-state index contributed by atoms with van der Waals surface area (Å²) >= 11 is 0. The summed E-state index contributed by atoms with van der Waals surface area (Å²) in [5, 5.41) is 0. The molecule has 92 valence electrons. The molecule has 0 saturated heterocycles. The van der Waals surface area contributed by atoms with Gasteiger partial charge in [-0.05, 0) is 49.6 Å². The second-order valence-corrected chi connectivity index (χ2v) is 4.71. The zero-order chi connectivity index (χ0) is 13.1. The quantitative estimate of drug-likeness (QED) is 0.768. The standard InChI is InChI=1S/C16H17NO/c1-11-7-12(2)15(13(3)8-11)9-16-14(10-18)5-4-6-17-16/h4-8,10H,9H2,1-3H3. The van der Waals surface area contributed by atoms with Gasteiger partial charge in [-0.3, -0.25) is 9.78 Å². The number of pyridine rings is 1. The third-order valence-corrected chi connectivity index (χ3v) is 3.24. The van der Waals surface area contributed by atoms with E-state index in [-0.39, 0.29) is 0 Å². The van der Waals surface area contributed by atoms with E-state index < -0.39 is 0 Å². The number of carbonyl (C=O) groups is 1. The Labute approximate surface area is 108 Å². The van der Waals surface area contributed by atoms with Gasteiger partial charge in [0.2, 0.25) is 0 Å². The van der Waals surface area contributed by atoms with E-state index in [9.17, 15) is 4.79 Å².